The van der Waals surface area contributed by atoms with Crippen LogP contribution in [0.25, 0.3) is 0 Å². The highest BCUT2D eigenvalue weighted by Gasteiger charge is 2.17. The van der Waals surface area contributed by atoms with E-state index in [4.69, 9.17) is 5.26 Å². The number of hydrogen-bond acceptors (Lipinski definition) is 4. The van der Waals surface area contributed by atoms with E-state index >= 15 is 0 Å². The Morgan fingerprint density at radius 3 is 3.00 bits per heavy atom. The van der Waals surface area contributed by atoms with Crippen molar-refractivity contribution in [3.8, 4) is 6.07 Å². The van der Waals surface area contributed by atoms with Crippen molar-refractivity contribution in [2.24, 2.45) is 0 Å². The van der Waals surface area contributed by atoms with Crippen molar-refractivity contribution in [3.63, 3.8) is 0 Å². The lowest BCUT2D eigenvalue weighted by Crippen LogP contribution is -1.94. The molecule has 0 unspecified atom stereocenters. The fourth-order valence-electron chi connectivity index (χ4n) is 2.05. The van der Waals surface area contributed by atoms with Gasteiger partial charge >= 0.3 is 0 Å². The summed E-state index contributed by atoms with van der Waals surface area (Å²) in [7, 11) is 0. The Morgan fingerprint density at radius 1 is 1.39 bits per heavy atom. The molecule has 3 rings (SSSR count). The predicted molar refractivity (Wildman–Crippen MR) is 68.5 cm³/mol. The third-order valence-corrected chi connectivity index (χ3v) is 4.01. The molecule has 18 heavy (non-hydrogen) atoms. The minimum Gasteiger partial charge on any atom is -0.329 e. The van der Waals surface area contributed by atoms with Crippen molar-refractivity contribution in [2.75, 3.05) is 5.32 Å². The third-order valence-electron chi connectivity index (χ3n) is 2.94. The summed E-state index contributed by atoms with van der Waals surface area (Å²) in [6.07, 6.45) is 3.26. The molecule has 1 aliphatic rings. The number of rotatable bonds is 2. The molecule has 0 amide bonds. The van der Waals surface area contributed by atoms with Crippen LogP contribution in [0.15, 0.2) is 18.2 Å². The van der Waals surface area contributed by atoms with E-state index in [-0.39, 0.29) is 0 Å². The Balaban J connectivity index is 1.86. The summed E-state index contributed by atoms with van der Waals surface area (Å²) in [6.45, 7) is 0. The third kappa shape index (κ3) is 1.95. The first-order valence-corrected chi connectivity index (χ1v) is 6.53. The van der Waals surface area contributed by atoms with E-state index in [0.717, 1.165) is 23.7 Å². The van der Waals surface area contributed by atoms with Crippen LogP contribution >= 0.6 is 11.3 Å². The molecule has 0 aliphatic heterocycles. The van der Waals surface area contributed by atoms with Crippen LogP contribution in [-0.2, 0) is 12.8 Å². The summed E-state index contributed by atoms with van der Waals surface area (Å²) in [5.74, 6) is -0.426. The van der Waals surface area contributed by atoms with Gasteiger partial charge in [0, 0.05) is 4.88 Å². The summed E-state index contributed by atoms with van der Waals surface area (Å²) in [5.41, 5.74) is 1.82. The molecule has 3 nitrogen and oxygen atoms in total. The Bertz CT molecular complexity index is 621. The Labute approximate surface area is 108 Å². The molecule has 90 valence electrons. The zero-order valence-electron chi connectivity index (χ0n) is 9.53. The molecule has 0 radical (unpaired) electrons. The average molecular weight is 259 g/mol. The second-order valence-electron chi connectivity index (χ2n) is 4.17. The van der Waals surface area contributed by atoms with E-state index < -0.39 is 5.82 Å². The number of fused-ring (bicyclic) bond motifs is 1. The van der Waals surface area contributed by atoms with Crippen LogP contribution in [0.3, 0.4) is 0 Å². The Morgan fingerprint density at radius 2 is 2.28 bits per heavy atom. The van der Waals surface area contributed by atoms with Gasteiger partial charge in [0.1, 0.15) is 5.82 Å². The molecule has 1 aliphatic carbocycles. The van der Waals surface area contributed by atoms with Crippen LogP contribution in [0.1, 0.15) is 22.6 Å². The molecular formula is C13H10FN3S. The molecule has 0 bridgehead atoms. The average Bonchev–Trinajstić information content (AvgIpc) is 2.92. The highest BCUT2D eigenvalue weighted by Crippen LogP contribution is 2.32. The maximum absolute atomic E-state index is 13.7. The van der Waals surface area contributed by atoms with Gasteiger partial charge in [-0.05, 0) is 37.5 Å². The second-order valence-corrected chi connectivity index (χ2v) is 5.26. The predicted octanol–water partition coefficient (Wildman–Crippen LogP) is 3.39. The highest BCUT2D eigenvalue weighted by atomic mass is 32.1. The molecule has 5 heteroatoms. The van der Waals surface area contributed by atoms with Crippen LogP contribution < -0.4 is 5.32 Å². The number of nitriles is 1. The number of thiazole rings is 1. The minimum absolute atomic E-state index is 0.319. The van der Waals surface area contributed by atoms with Gasteiger partial charge in [-0.2, -0.15) is 5.26 Å². The van der Waals surface area contributed by atoms with E-state index in [9.17, 15) is 4.39 Å². The summed E-state index contributed by atoms with van der Waals surface area (Å²) < 4.78 is 13.7. The number of nitrogens with one attached hydrogen (secondary N) is 1. The molecule has 1 heterocycles. The SMILES string of the molecule is N#Cc1ccc(Nc2nc3c(s2)CCC3)c(F)c1. The molecule has 0 atom stereocenters. The Kier molecular flexibility index (Phi) is 2.73. The quantitative estimate of drug-likeness (QED) is 0.899. The van der Waals surface area contributed by atoms with E-state index in [0.29, 0.717) is 11.3 Å². The maximum Gasteiger partial charge on any atom is 0.187 e. The largest absolute Gasteiger partial charge is 0.329 e. The molecule has 2 aromatic rings. The first-order valence-electron chi connectivity index (χ1n) is 5.71. The zero-order chi connectivity index (χ0) is 12.5. The van der Waals surface area contributed by atoms with E-state index in [1.54, 1.807) is 23.5 Å². The lowest BCUT2D eigenvalue weighted by Gasteiger charge is -2.04. The van der Waals surface area contributed by atoms with Gasteiger partial charge in [0.15, 0.2) is 5.13 Å². The van der Waals surface area contributed by atoms with Gasteiger partial charge in [0.2, 0.25) is 0 Å². The van der Waals surface area contributed by atoms with Gasteiger partial charge in [-0.3, -0.25) is 0 Å². The van der Waals surface area contributed by atoms with Crippen molar-refractivity contribution >= 4 is 22.2 Å². The van der Waals surface area contributed by atoms with Gasteiger partial charge in [0.25, 0.3) is 0 Å². The fraction of sp³-hybridized carbons (Fsp3) is 0.231. The highest BCUT2D eigenvalue weighted by molar-refractivity contribution is 7.15. The van der Waals surface area contributed by atoms with Crippen molar-refractivity contribution in [1.82, 2.24) is 4.98 Å². The molecule has 0 saturated heterocycles. The number of nitrogens with zero attached hydrogens (tertiary/aromatic N) is 2. The lowest BCUT2D eigenvalue weighted by atomic mass is 10.2. The molecule has 0 fully saturated rings. The first kappa shape index (κ1) is 11.2. The smallest absolute Gasteiger partial charge is 0.187 e. The van der Waals surface area contributed by atoms with Gasteiger partial charge in [-0.25, -0.2) is 9.37 Å². The number of halogens is 1. The van der Waals surface area contributed by atoms with Crippen LogP contribution in [0.4, 0.5) is 15.2 Å². The summed E-state index contributed by atoms with van der Waals surface area (Å²) >= 11 is 1.58. The number of anilines is 2. The summed E-state index contributed by atoms with van der Waals surface area (Å²) in [4.78, 5) is 5.74. The van der Waals surface area contributed by atoms with E-state index in [1.807, 2.05) is 6.07 Å². The van der Waals surface area contributed by atoms with E-state index in [1.165, 1.54) is 17.4 Å². The fourth-order valence-corrected chi connectivity index (χ4v) is 3.11. The van der Waals surface area contributed by atoms with Gasteiger partial charge in [0.05, 0.1) is 23.0 Å². The van der Waals surface area contributed by atoms with Crippen molar-refractivity contribution < 1.29 is 4.39 Å². The maximum atomic E-state index is 13.7. The normalized spacial score (nSPS) is 13.1. The summed E-state index contributed by atoms with van der Waals surface area (Å²) in [5, 5.41) is 12.4. The van der Waals surface area contributed by atoms with Crippen LogP contribution in [0.5, 0.6) is 0 Å². The van der Waals surface area contributed by atoms with Crippen molar-refractivity contribution in [2.45, 2.75) is 19.3 Å². The summed E-state index contributed by atoms with van der Waals surface area (Å²) in [6, 6.07) is 6.30. The molecular weight excluding hydrogens is 249 g/mol. The first-order chi connectivity index (χ1) is 8.76. The standard InChI is InChI=1S/C13H10FN3S/c14-9-6-8(7-15)4-5-10(9)16-13-17-11-2-1-3-12(11)18-13/h4-6H,1-3H2,(H,16,17). The molecule has 1 aromatic carbocycles. The molecule has 1 N–H and O–H groups in total. The number of benzene rings is 1. The van der Waals surface area contributed by atoms with E-state index in [2.05, 4.69) is 10.3 Å². The van der Waals surface area contributed by atoms with Crippen LogP contribution in [-0.4, -0.2) is 4.98 Å². The molecule has 1 aromatic heterocycles. The second kappa shape index (κ2) is 4.39. The zero-order valence-corrected chi connectivity index (χ0v) is 10.4. The molecule has 0 spiro atoms. The minimum atomic E-state index is -0.426. The van der Waals surface area contributed by atoms with Crippen LogP contribution in [0, 0.1) is 17.1 Å². The number of hydrogen-bond donors (Lipinski definition) is 1. The topological polar surface area (TPSA) is 48.7 Å². The Hall–Kier alpha value is -1.93. The van der Waals surface area contributed by atoms with Crippen LogP contribution in [0.2, 0.25) is 0 Å². The lowest BCUT2D eigenvalue weighted by molar-refractivity contribution is 0.631. The van der Waals surface area contributed by atoms with Gasteiger partial charge in [-0.15, -0.1) is 11.3 Å². The van der Waals surface area contributed by atoms with Gasteiger partial charge < -0.3 is 5.32 Å². The van der Waals surface area contributed by atoms with Crippen molar-refractivity contribution in [3.05, 3.63) is 40.2 Å². The number of aryl methyl sites for hydroxylation is 2. The van der Waals surface area contributed by atoms with Crippen molar-refractivity contribution in [1.29, 1.82) is 5.26 Å². The number of aromatic nitrogens is 1. The van der Waals surface area contributed by atoms with Gasteiger partial charge in [-0.1, -0.05) is 0 Å². The molecule has 0 saturated carbocycles. The monoisotopic (exact) mass is 259 g/mol.